The molecule has 0 radical (unpaired) electrons. The van der Waals surface area contributed by atoms with E-state index in [1.54, 1.807) is 0 Å². The van der Waals surface area contributed by atoms with Gasteiger partial charge in [0.2, 0.25) is 5.91 Å². The number of carbonyl (C=O) groups is 2. The summed E-state index contributed by atoms with van der Waals surface area (Å²) < 4.78 is 0. The first-order valence-electron chi connectivity index (χ1n) is 9.87. The molecule has 1 saturated heterocycles. The maximum absolute atomic E-state index is 12.4. The topological polar surface area (TPSA) is 64.7 Å². The Bertz CT molecular complexity index is 788. The maximum Gasteiger partial charge on any atom is 0.321 e. The van der Waals surface area contributed by atoms with Crippen molar-refractivity contribution in [3.05, 3.63) is 60.2 Å². The molecule has 6 nitrogen and oxygen atoms in total. The number of para-hydroxylation sites is 1. The van der Waals surface area contributed by atoms with Crippen LogP contribution in [0.1, 0.15) is 25.3 Å². The lowest BCUT2D eigenvalue weighted by atomic mass is 10.2. The molecule has 0 aliphatic carbocycles. The highest BCUT2D eigenvalue weighted by Crippen LogP contribution is 2.15. The van der Waals surface area contributed by atoms with Crippen molar-refractivity contribution in [3.8, 4) is 0 Å². The summed E-state index contributed by atoms with van der Waals surface area (Å²) in [6.45, 7) is 5.17. The molecule has 2 aromatic rings. The number of benzene rings is 2. The third kappa shape index (κ3) is 5.49. The quantitative estimate of drug-likeness (QED) is 0.773. The van der Waals surface area contributed by atoms with Crippen LogP contribution in [0, 0.1) is 0 Å². The van der Waals surface area contributed by atoms with Gasteiger partial charge in [-0.25, -0.2) is 4.79 Å². The van der Waals surface area contributed by atoms with Gasteiger partial charge in [0, 0.05) is 37.6 Å². The van der Waals surface area contributed by atoms with Crippen molar-refractivity contribution in [2.45, 2.75) is 26.3 Å². The first-order chi connectivity index (χ1) is 13.7. The first-order valence-corrected chi connectivity index (χ1v) is 9.87. The normalized spacial score (nSPS) is 13.2. The molecule has 1 aliphatic heterocycles. The van der Waals surface area contributed by atoms with Gasteiger partial charge in [0.15, 0.2) is 0 Å². The fourth-order valence-corrected chi connectivity index (χ4v) is 3.34. The lowest BCUT2D eigenvalue weighted by Gasteiger charge is -2.22. The summed E-state index contributed by atoms with van der Waals surface area (Å²) in [6, 6.07) is 17.5. The molecular weight excluding hydrogens is 352 g/mol. The van der Waals surface area contributed by atoms with Crippen molar-refractivity contribution in [3.63, 3.8) is 0 Å². The van der Waals surface area contributed by atoms with Crippen molar-refractivity contribution >= 4 is 23.3 Å². The van der Waals surface area contributed by atoms with E-state index in [9.17, 15) is 9.59 Å². The van der Waals surface area contributed by atoms with Gasteiger partial charge < -0.3 is 20.4 Å². The molecule has 0 atom stereocenters. The second-order valence-corrected chi connectivity index (χ2v) is 6.95. The van der Waals surface area contributed by atoms with Crippen LogP contribution in [0.4, 0.5) is 16.2 Å². The molecule has 1 aliphatic rings. The van der Waals surface area contributed by atoms with E-state index in [4.69, 9.17) is 0 Å². The summed E-state index contributed by atoms with van der Waals surface area (Å²) in [7, 11) is 0. The number of hydrogen-bond acceptors (Lipinski definition) is 3. The van der Waals surface area contributed by atoms with Gasteiger partial charge in [0.25, 0.3) is 0 Å². The van der Waals surface area contributed by atoms with Crippen LogP contribution in [0.5, 0.6) is 0 Å². The zero-order valence-corrected chi connectivity index (χ0v) is 16.4. The van der Waals surface area contributed by atoms with E-state index in [0.717, 1.165) is 49.4 Å². The minimum absolute atomic E-state index is 0.0304. The van der Waals surface area contributed by atoms with Crippen LogP contribution in [0.25, 0.3) is 0 Å². The maximum atomic E-state index is 12.4. The van der Waals surface area contributed by atoms with Crippen molar-refractivity contribution < 1.29 is 9.59 Å². The molecule has 28 heavy (non-hydrogen) atoms. The van der Waals surface area contributed by atoms with Gasteiger partial charge in [-0.3, -0.25) is 4.79 Å². The number of carbonyl (C=O) groups excluding carboxylic acids is 2. The minimum Gasteiger partial charge on any atom is -0.363 e. The average molecular weight is 380 g/mol. The summed E-state index contributed by atoms with van der Waals surface area (Å²) in [5.74, 6) is -0.0304. The van der Waals surface area contributed by atoms with Crippen molar-refractivity contribution in [1.29, 1.82) is 0 Å². The van der Waals surface area contributed by atoms with E-state index in [2.05, 4.69) is 10.6 Å². The second-order valence-electron chi connectivity index (χ2n) is 6.95. The molecule has 3 amide bonds. The number of nitrogens with one attached hydrogen (secondary N) is 2. The number of urea groups is 1. The molecule has 6 heteroatoms. The number of amides is 3. The number of likely N-dealkylation sites (tertiary alicyclic amines) is 1. The van der Waals surface area contributed by atoms with Crippen molar-refractivity contribution in [2.24, 2.45) is 0 Å². The smallest absolute Gasteiger partial charge is 0.321 e. The van der Waals surface area contributed by atoms with E-state index in [0.29, 0.717) is 13.1 Å². The fourth-order valence-electron chi connectivity index (χ4n) is 3.34. The highest BCUT2D eigenvalue weighted by molar-refractivity contribution is 5.89. The van der Waals surface area contributed by atoms with Gasteiger partial charge in [-0.2, -0.15) is 0 Å². The molecule has 1 heterocycles. The van der Waals surface area contributed by atoms with Crippen LogP contribution in [0.3, 0.4) is 0 Å². The molecule has 1 fully saturated rings. The Kier molecular flexibility index (Phi) is 6.89. The van der Waals surface area contributed by atoms with Gasteiger partial charge in [0.1, 0.15) is 0 Å². The highest BCUT2D eigenvalue weighted by Gasteiger charge is 2.17. The second kappa shape index (κ2) is 9.78. The Morgan fingerprint density at radius 1 is 1.04 bits per heavy atom. The summed E-state index contributed by atoms with van der Waals surface area (Å²) in [6.07, 6.45) is 2.13. The predicted molar refractivity (Wildman–Crippen MR) is 112 cm³/mol. The summed E-state index contributed by atoms with van der Waals surface area (Å²) in [5.41, 5.74) is 2.74. The number of nitrogens with zero attached hydrogens (tertiary/aromatic N) is 2. The molecule has 0 aromatic heterocycles. The molecule has 2 aromatic carbocycles. The first kappa shape index (κ1) is 19.7. The van der Waals surface area contributed by atoms with Gasteiger partial charge in [0.05, 0.1) is 6.54 Å². The van der Waals surface area contributed by atoms with Crippen molar-refractivity contribution in [2.75, 3.05) is 36.4 Å². The molecular formula is C22H28N4O2. The van der Waals surface area contributed by atoms with E-state index < -0.39 is 0 Å². The Labute approximate surface area is 166 Å². The van der Waals surface area contributed by atoms with E-state index in [1.165, 1.54) is 0 Å². The number of anilines is 2. The molecule has 0 saturated carbocycles. The number of likely N-dealkylation sites (N-methyl/N-ethyl adjacent to an activating group) is 1. The summed E-state index contributed by atoms with van der Waals surface area (Å²) in [5, 5.41) is 5.91. The third-order valence-corrected chi connectivity index (χ3v) is 4.90. The highest BCUT2D eigenvalue weighted by atomic mass is 16.2. The Morgan fingerprint density at radius 2 is 1.79 bits per heavy atom. The van der Waals surface area contributed by atoms with Crippen LogP contribution in [0.15, 0.2) is 54.6 Å². The van der Waals surface area contributed by atoms with E-state index in [1.807, 2.05) is 71.3 Å². The molecule has 3 rings (SSSR count). The van der Waals surface area contributed by atoms with Crippen LogP contribution in [-0.2, 0) is 11.3 Å². The Balaban J connectivity index is 1.51. The predicted octanol–water partition coefficient (Wildman–Crippen LogP) is 3.46. The Hall–Kier alpha value is -3.02. The van der Waals surface area contributed by atoms with Crippen LogP contribution in [0.2, 0.25) is 0 Å². The molecule has 0 unspecified atom stereocenters. The lowest BCUT2D eigenvalue weighted by Crippen LogP contribution is -2.37. The molecule has 0 bridgehead atoms. The number of rotatable bonds is 7. The fraction of sp³-hybridized carbons (Fsp3) is 0.364. The summed E-state index contributed by atoms with van der Waals surface area (Å²) in [4.78, 5) is 28.4. The van der Waals surface area contributed by atoms with Crippen LogP contribution >= 0.6 is 0 Å². The van der Waals surface area contributed by atoms with Gasteiger partial charge in [-0.05, 0) is 49.6 Å². The zero-order chi connectivity index (χ0) is 19.8. The summed E-state index contributed by atoms with van der Waals surface area (Å²) >= 11 is 0. The van der Waals surface area contributed by atoms with Gasteiger partial charge in [-0.1, -0.05) is 30.3 Å². The lowest BCUT2D eigenvalue weighted by molar-refractivity contribution is -0.119. The van der Waals surface area contributed by atoms with Gasteiger partial charge >= 0.3 is 6.03 Å². The van der Waals surface area contributed by atoms with Crippen LogP contribution < -0.4 is 15.5 Å². The minimum atomic E-state index is -0.0554. The molecule has 148 valence electrons. The monoisotopic (exact) mass is 380 g/mol. The van der Waals surface area contributed by atoms with Gasteiger partial charge in [-0.15, -0.1) is 0 Å². The average Bonchev–Trinajstić information content (AvgIpc) is 3.26. The SMILES string of the molecule is CCN(CC(=O)NCc1cccc(NC(=O)N2CCCC2)c1)c1ccccc1. The standard InChI is InChI=1S/C22H28N4O2/c1-2-25(20-11-4-3-5-12-20)17-21(27)23-16-18-9-8-10-19(15-18)24-22(28)26-13-6-7-14-26/h3-5,8-12,15H,2,6-7,13-14,16-17H2,1H3,(H,23,27)(H,24,28). The van der Waals surface area contributed by atoms with Crippen molar-refractivity contribution in [1.82, 2.24) is 10.2 Å². The van der Waals surface area contributed by atoms with E-state index >= 15 is 0 Å². The largest absolute Gasteiger partial charge is 0.363 e. The third-order valence-electron chi connectivity index (χ3n) is 4.90. The molecule has 2 N–H and O–H groups in total. The van der Waals surface area contributed by atoms with Crippen LogP contribution in [-0.4, -0.2) is 43.0 Å². The zero-order valence-electron chi connectivity index (χ0n) is 16.4. The Morgan fingerprint density at radius 3 is 2.50 bits per heavy atom. The molecule has 0 spiro atoms. The number of hydrogen-bond donors (Lipinski definition) is 2. The van der Waals surface area contributed by atoms with E-state index in [-0.39, 0.29) is 11.9 Å².